The van der Waals surface area contributed by atoms with Crippen molar-refractivity contribution in [3.63, 3.8) is 0 Å². The average molecular weight is 388 g/mol. The van der Waals surface area contributed by atoms with Gasteiger partial charge in [0, 0.05) is 19.0 Å². The van der Waals surface area contributed by atoms with Crippen molar-refractivity contribution in [2.45, 2.75) is 25.9 Å². The van der Waals surface area contributed by atoms with E-state index in [-0.39, 0.29) is 11.9 Å². The van der Waals surface area contributed by atoms with Crippen LogP contribution in [0.15, 0.2) is 42.5 Å². The number of benzene rings is 2. The molecule has 27 heavy (non-hydrogen) atoms. The Hall–Kier alpha value is -2.71. The van der Waals surface area contributed by atoms with E-state index >= 15 is 0 Å². The lowest BCUT2D eigenvalue weighted by molar-refractivity contribution is -0.119. The Balaban J connectivity index is 1.85. The van der Waals surface area contributed by atoms with Gasteiger partial charge in [0.1, 0.15) is 10.0 Å². The first kappa shape index (κ1) is 19.1. The van der Waals surface area contributed by atoms with Gasteiger partial charge in [-0.25, -0.2) is 8.78 Å². The Morgan fingerprint density at radius 1 is 1.11 bits per heavy atom. The molecule has 0 aliphatic carbocycles. The number of aromatic nitrogens is 2. The van der Waals surface area contributed by atoms with Crippen molar-refractivity contribution in [1.82, 2.24) is 15.5 Å². The van der Waals surface area contributed by atoms with Crippen LogP contribution in [0, 0.1) is 11.6 Å². The molecule has 3 N–H and O–H groups in total. The van der Waals surface area contributed by atoms with Gasteiger partial charge in [-0.15, -0.1) is 10.2 Å². The van der Waals surface area contributed by atoms with Crippen molar-refractivity contribution in [3.8, 4) is 10.6 Å². The van der Waals surface area contributed by atoms with Gasteiger partial charge < -0.3 is 11.1 Å². The highest BCUT2D eigenvalue weighted by Gasteiger charge is 2.19. The molecule has 5 nitrogen and oxygen atoms in total. The Bertz CT molecular complexity index is 943. The van der Waals surface area contributed by atoms with E-state index in [4.69, 9.17) is 5.73 Å². The molecule has 0 saturated heterocycles. The molecular formula is C19H18F2N4OS. The summed E-state index contributed by atoms with van der Waals surface area (Å²) in [5, 5.41) is 12.1. The normalized spacial score (nSPS) is 12.0. The third kappa shape index (κ3) is 4.72. The van der Waals surface area contributed by atoms with E-state index in [1.165, 1.54) is 24.3 Å². The molecule has 0 aliphatic rings. The van der Waals surface area contributed by atoms with E-state index < -0.39 is 11.6 Å². The fourth-order valence-electron chi connectivity index (χ4n) is 2.61. The summed E-state index contributed by atoms with van der Waals surface area (Å²) in [5.41, 5.74) is 8.08. The first-order valence-electron chi connectivity index (χ1n) is 8.30. The van der Waals surface area contributed by atoms with E-state index in [9.17, 15) is 13.6 Å². The van der Waals surface area contributed by atoms with Crippen LogP contribution in [-0.2, 0) is 17.8 Å². The Labute approximate surface area is 159 Å². The number of hydrogen-bond donors (Lipinski definition) is 2. The number of halogens is 2. The second-order valence-electron chi connectivity index (χ2n) is 6.05. The third-order valence-corrected chi connectivity index (χ3v) is 5.07. The topological polar surface area (TPSA) is 80.9 Å². The number of nitrogens with two attached hydrogens (primary N) is 1. The van der Waals surface area contributed by atoms with Crippen molar-refractivity contribution in [1.29, 1.82) is 0 Å². The Morgan fingerprint density at radius 3 is 2.44 bits per heavy atom. The maximum Gasteiger partial charge on any atom is 0.217 e. The van der Waals surface area contributed by atoms with Gasteiger partial charge >= 0.3 is 0 Å². The molecule has 0 aliphatic heterocycles. The molecule has 3 aromatic rings. The lowest BCUT2D eigenvalue weighted by Crippen LogP contribution is -2.27. The standard InChI is InChI=1S/C19H18F2N4OS/c1-11(26)23-17(8-12-2-4-13(10-22)5-3-12)19-25-24-18(27-19)14-6-7-15(20)16(21)9-14/h2-7,9,17H,8,10,22H2,1H3,(H,23,26). The lowest BCUT2D eigenvalue weighted by atomic mass is 10.0. The number of hydrogen-bond acceptors (Lipinski definition) is 5. The number of amides is 1. The molecule has 1 amide bonds. The second-order valence-corrected chi connectivity index (χ2v) is 7.06. The molecule has 0 fully saturated rings. The minimum absolute atomic E-state index is 0.192. The average Bonchev–Trinajstić information content (AvgIpc) is 3.14. The number of rotatable bonds is 6. The third-order valence-electron chi connectivity index (χ3n) is 3.98. The van der Waals surface area contributed by atoms with Gasteiger partial charge in [0.2, 0.25) is 5.91 Å². The maximum atomic E-state index is 13.5. The zero-order chi connectivity index (χ0) is 19.4. The number of carbonyl (C=O) groups excluding carboxylic acids is 1. The Kier molecular flexibility index (Phi) is 5.88. The largest absolute Gasteiger partial charge is 0.347 e. The van der Waals surface area contributed by atoms with Gasteiger partial charge in [0.25, 0.3) is 0 Å². The van der Waals surface area contributed by atoms with Crippen molar-refractivity contribution in [3.05, 3.63) is 70.2 Å². The van der Waals surface area contributed by atoms with Crippen LogP contribution in [0.25, 0.3) is 10.6 Å². The van der Waals surface area contributed by atoms with E-state index in [1.807, 2.05) is 24.3 Å². The van der Waals surface area contributed by atoms with Crippen LogP contribution in [0.3, 0.4) is 0 Å². The molecule has 3 rings (SSSR count). The molecule has 1 aromatic heterocycles. The molecule has 1 atom stereocenters. The quantitative estimate of drug-likeness (QED) is 0.679. The van der Waals surface area contributed by atoms with Gasteiger partial charge in [0.15, 0.2) is 11.6 Å². The van der Waals surface area contributed by atoms with Crippen molar-refractivity contribution in [2.75, 3.05) is 0 Å². The zero-order valence-corrected chi connectivity index (χ0v) is 15.4. The maximum absolute atomic E-state index is 13.5. The number of nitrogens with one attached hydrogen (secondary N) is 1. The van der Waals surface area contributed by atoms with Crippen LogP contribution < -0.4 is 11.1 Å². The first-order chi connectivity index (χ1) is 13.0. The highest BCUT2D eigenvalue weighted by atomic mass is 32.1. The van der Waals surface area contributed by atoms with Crippen LogP contribution >= 0.6 is 11.3 Å². The van der Waals surface area contributed by atoms with Crippen LogP contribution in [0.5, 0.6) is 0 Å². The highest BCUT2D eigenvalue weighted by Crippen LogP contribution is 2.29. The van der Waals surface area contributed by atoms with Crippen molar-refractivity contribution < 1.29 is 13.6 Å². The number of carbonyl (C=O) groups is 1. The molecular weight excluding hydrogens is 370 g/mol. The molecule has 8 heteroatoms. The van der Waals surface area contributed by atoms with Crippen LogP contribution in [0.4, 0.5) is 8.78 Å². The predicted molar refractivity (Wildman–Crippen MR) is 99.9 cm³/mol. The zero-order valence-electron chi connectivity index (χ0n) is 14.6. The van der Waals surface area contributed by atoms with E-state index in [0.29, 0.717) is 28.5 Å². The van der Waals surface area contributed by atoms with E-state index in [2.05, 4.69) is 15.5 Å². The summed E-state index contributed by atoms with van der Waals surface area (Å²) < 4.78 is 26.6. The predicted octanol–water partition coefficient (Wildman–Crippen LogP) is 3.36. The lowest BCUT2D eigenvalue weighted by Gasteiger charge is -2.15. The molecule has 0 spiro atoms. The summed E-state index contributed by atoms with van der Waals surface area (Å²) in [4.78, 5) is 11.6. The summed E-state index contributed by atoms with van der Waals surface area (Å²) in [5.74, 6) is -2.05. The van der Waals surface area contributed by atoms with Gasteiger partial charge in [0.05, 0.1) is 6.04 Å². The minimum atomic E-state index is -0.942. The van der Waals surface area contributed by atoms with Crippen molar-refractivity contribution in [2.24, 2.45) is 5.73 Å². The van der Waals surface area contributed by atoms with E-state index in [1.54, 1.807) is 0 Å². The summed E-state index contributed by atoms with van der Waals surface area (Å²) >= 11 is 1.23. The fraction of sp³-hybridized carbons (Fsp3) is 0.211. The second kappa shape index (κ2) is 8.32. The number of nitrogens with zero attached hydrogens (tertiary/aromatic N) is 2. The van der Waals surface area contributed by atoms with Crippen LogP contribution in [0.1, 0.15) is 29.1 Å². The molecule has 1 unspecified atom stereocenters. The molecule has 2 aromatic carbocycles. The summed E-state index contributed by atoms with van der Waals surface area (Å²) in [7, 11) is 0. The summed E-state index contributed by atoms with van der Waals surface area (Å²) in [6.45, 7) is 1.89. The fourth-order valence-corrected chi connectivity index (χ4v) is 3.50. The highest BCUT2D eigenvalue weighted by molar-refractivity contribution is 7.14. The van der Waals surface area contributed by atoms with Crippen molar-refractivity contribution >= 4 is 17.2 Å². The van der Waals surface area contributed by atoms with Gasteiger partial charge in [-0.05, 0) is 35.7 Å². The summed E-state index contributed by atoms with van der Waals surface area (Å²) in [6, 6.07) is 11.0. The Morgan fingerprint density at radius 2 is 1.81 bits per heavy atom. The van der Waals surface area contributed by atoms with Gasteiger partial charge in [-0.2, -0.15) is 0 Å². The smallest absolute Gasteiger partial charge is 0.217 e. The van der Waals surface area contributed by atoms with Crippen LogP contribution in [-0.4, -0.2) is 16.1 Å². The van der Waals surface area contributed by atoms with Crippen LogP contribution in [0.2, 0.25) is 0 Å². The van der Waals surface area contributed by atoms with Gasteiger partial charge in [-0.1, -0.05) is 35.6 Å². The molecule has 1 heterocycles. The SMILES string of the molecule is CC(=O)NC(Cc1ccc(CN)cc1)c1nnc(-c2ccc(F)c(F)c2)s1. The first-order valence-corrected chi connectivity index (χ1v) is 9.11. The monoisotopic (exact) mass is 388 g/mol. The summed E-state index contributed by atoms with van der Waals surface area (Å²) in [6.07, 6.45) is 0.525. The molecule has 0 bridgehead atoms. The molecule has 0 saturated carbocycles. The molecule has 140 valence electrons. The molecule has 0 radical (unpaired) electrons. The van der Waals surface area contributed by atoms with Gasteiger partial charge in [-0.3, -0.25) is 4.79 Å². The van der Waals surface area contributed by atoms with E-state index in [0.717, 1.165) is 23.3 Å². The minimum Gasteiger partial charge on any atom is -0.347 e.